The number of imidazole rings is 1. The van der Waals surface area contributed by atoms with E-state index in [9.17, 15) is 0 Å². The maximum absolute atomic E-state index is 5.22. The van der Waals surface area contributed by atoms with Crippen LogP contribution in [-0.2, 0) is 13.1 Å². The molecule has 0 aliphatic heterocycles. The van der Waals surface area contributed by atoms with E-state index in [1.165, 1.54) is 11.1 Å². The lowest BCUT2D eigenvalue weighted by atomic mass is 10.2. The maximum atomic E-state index is 5.22. The second kappa shape index (κ2) is 7.31. The number of nitrogens with zero attached hydrogens (tertiary/aromatic N) is 2. The molecule has 0 saturated carbocycles. The number of nitrogens with one attached hydrogen (secondary N) is 1. The molecule has 0 unspecified atom stereocenters. The van der Waals surface area contributed by atoms with E-state index in [4.69, 9.17) is 9.72 Å². The molecular weight excluding hydrogens is 322 g/mol. The van der Waals surface area contributed by atoms with Gasteiger partial charge in [0, 0.05) is 6.54 Å². The molecule has 0 atom stereocenters. The van der Waals surface area contributed by atoms with Crippen molar-refractivity contribution >= 4 is 17.0 Å². The van der Waals surface area contributed by atoms with Crippen molar-refractivity contribution in [2.24, 2.45) is 0 Å². The van der Waals surface area contributed by atoms with Crippen molar-refractivity contribution in [3.63, 3.8) is 0 Å². The Labute approximate surface area is 153 Å². The molecule has 3 aromatic carbocycles. The van der Waals surface area contributed by atoms with Crippen LogP contribution in [0.1, 0.15) is 11.1 Å². The molecule has 26 heavy (non-hydrogen) atoms. The predicted molar refractivity (Wildman–Crippen MR) is 106 cm³/mol. The Hall–Kier alpha value is -3.27. The van der Waals surface area contributed by atoms with Crippen LogP contribution in [0.4, 0.5) is 5.95 Å². The third-order valence-electron chi connectivity index (χ3n) is 4.45. The van der Waals surface area contributed by atoms with Crippen LogP contribution < -0.4 is 10.1 Å². The topological polar surface area (TPSA) is 39.1 Å². The van der Waals surface area contributed by atoms with E-state index >= 15 is 0 Å². The SMILES string of the molecule is COc1ccc(CNc2nc3ccccc3n2Cc2ccccc2)cc1. The average molecular weight is 343 g/mol. The number of anilines is 1. The van der Waals surface area contributed by atoms with Gasteiger partial charge in [-0.25, -0.2) is 4.98 Å². The van der Waals surface area contributed by atoms with Crippen molar-refractivity contribution in [2.45, 2.75) is 13.1 Å². The minimum Gasteiger partial charge on any atom is -0.497 e. The number of para-hydroxylation sites is 2. The average Bonchev–Trinajstić information content (AvgIpc) is 3.05. The molecule has 0 amide bonds. The second-order valence-electron chi connectivity index (χ2n) is 6.20. The van der Waals surface area contributed by atoms with E-state index < -0.39 is 0 Å². The number of aromatic nitrogens is 2. The first-order chi connectivity index (χ1) is 12.8. The summed E-state index contributed by atoms with van der Waals surface area (Å²) in [6.07, 6.45) is 0. The first-order valence-electron chi connectivity index (χ1n) is 8.69. The van der Waals surface area contributed by atoms with Crippen LogP contribution in [0.15, 0.2) is 78.9 Å². The molecule has 4 aromatic rings. The Balaban J connectivity index is 1.61. The van der Waals surface area contributed by atoms with Gasteiger partial charge in [0.25, 0.3) is 0 Å². The van der Waals surface area contributed by atoms with Gasteiger partial charge in [0.1, 0.15) is 5.75 Å². The maximum Gasteiger partial charge on any atom is 0.204 e. The molecular formula is C22H21N3O. The van der Waals surface area contributed by atoms with E-state index in [1.54, 1.807) is 7.11 Å². The Kier molecular flexibility index (Phi) is 4.56. The molecule has 1 heterocycles. The van der Waals surface area contributed by atoms with E-state index in [0.717, 1.165) is 29.3 Å². The van der Waals surface area contributed by atoms with Crippen LogP contribution in [-0.4, -0.2) is 16.7 Å². The van der Waals surface area contributed by atoms with E-state index in [0.29, 0.717) is 6.54 Å². The quantitative estimate of drug-likeness (QED) is 0.551. The number of benzene rings is 3. The van der Waals surface area contributed by atoms with Crippen LogP contribution >= 0.6 is 0 Å². The van der Waals surface area contributed by atoms with Crippen LogP contribution in [0.5, 0.6) is 5.75 Å². The summed E-state index contributed by atoms with van der Waals surface area (Å²) in [5.74, 6) is 1.75. The smallest absolute Gasteiger partial charge is 0.204 e. The summed E-state index contributed by atoms with van der Waals surface area (Å²) in [6.45, 7) is 1.49. The highest BCUT2D eigenvalue weighted by molar-refractivity contribution is 5.78. The van der Waals surface area contributed by atoms with Gasteiger partial charge in [-0.1, -0.05) is 54.6 Å². The van der Waals surface area contributed by atoms with Crippen molar-refractivity contribution < 1.29 is 4.74 Å². The second-order valence-corrected chi connectivity index (χ2v) is 6.20. The van der Waals surface area contributed by atoms with Gasteiger partial charge >= 0.3 is 0 Å². The van der Waals surface area contributed by atoms with Gasteiger partial charge in [-0.3, -0.25) is 0 Å². The molecule has 0 aliphatic carbocycles. The van der Waals surface area contributed by atoms with Crippen LogP contribution in [0.25, 0.3) is 11.0 Å². The minimum atomic E-state index is 0.710. The predicted octanol–water partition coefficient (Wildman–Crippen LogP) is 4.71. The van der Waals surface area contributed by atoms with Crippen molar-refractivity contribution in [3.8, 4) is 5.75 Å². The summed E-state index contributed by atoms with van der Waals surface area (Å²) in [7, 11) is 1.68. The zero-order chi connectivity index (χ0) is 17.8. The molecule has 1 aromatic heterocycles. The highest BCUT2D eigenvalue weighted by Crippen LogP contribution is 2.22. The van der Waals surface area contributed by atoms with Gasteiger partial charge in [0.05, 0.1) is 24.7 Å². The van der Waals surface area contributed by atoms with Gasteiger partial charge in [0.15, 0.2) is 0 Å². The highest BCUT2D eigenvalue weighted by Gasteiger charge is 2.10. The lowest BCUT2D eigenvalue weighted by molar-refractivity contribution is 0.414. The monoisotopic (exact) mass is 343 g/mol. The molecule has 4 nitrogen and oxygen atoms in total. The Bertz CT molecular complexity index is 991. The number of methoxy groups -OCH3 is 1. The summed E-state index contributed by atoms with van der Waals surface area (Å²) in [5.41, 5.74) is 4.57. The van der Waals surface area contributed by atoms with Crippen molar-refractivity contribution in [1.29, 1.82) is 0 Å². The van der Waals surface area contributed by atoms with Crippen molar-refractivity contribution in [3.05, 3.63) is 90.0 Å². The molecule has 4 heteroatoms. The third-order valence-corrected chi connectivity index (χ3v) is 4.45. The molecule has 0 radical (unpaired) electrons. The van der Waals surface area contributed by atoms with Gasteiger partial charge in [-0.15, -0.1) is 0 Å². The molecule has 1 N–H and O–H groups in total. The lowest BCUT2D eigenvalue weighted by Gasteiger charge is -2.11. The third kappa shape index (κ3) is 3.40. The molecule has 0 spiro atoms. The number of rotatable bonds is 6. The minimum absolute atomic E-state index is 0.710. The summed E-state index contributed by atoms with van der Waals surface area (Å²) >= 11 is 0. The molecule has 4 rings (SSSR count). The summed E-state index contributed by atoms with van der Waals surface area (Å²) in [4.78, 5) is 4.78. The van der Waals surface area contributed by atoms with E-state index in [2.05, 4.69) is 64.5 Å². The van der Waals surface area contributed by atoms with Gasteiger partial charge in [-0.2, -0.15) is 0 Å². The van der Waals surface area contributed by atoms with Crippen LogP contribution in [0, 0.1) is 0 Å². The first kappa shape index (κ1) is 16.2. The van der Waals surface area contributed by atoms with Crippen molar-refractivity contribution in [2.75, 3.05) is 12.4 Å². The van der Waals surface area contributed by atoms with E-state index in [1.807, 2.05) is 24.3 Å². The molecule has 0 bridgehead atoms. The molecule has 130 valence electrons. The van der Waals surface area contributed by atoms with Crippen LogP contribution in [0.3, 0.4) is 0 Å². The summed E-state index contributed by atoms with van der Waals surface area (Å²) in [6, 6.07) is 26.8. The fraction of sp³-hybridized carbons (Fsp3) is 0.136. The fourth-order valence-corrected chi connectivity index (χ4v) is 3.06. The molecule has 0 saturated heterocycles. The first-order valence-corrected chi connectivity index (χ1v) is 8.69. The lowest BCUT2D eigenvalue weighted by Crippen LogP contribution is -2.08. The Morgan fingerprint density at radius 1 is 0.846 bits per heavy atom. The van der Waals surface area contributed by atoms with Crippen molar-refractivity contribution in [1.82, 2.24) is 9.55 Å². The fourth-order valence-electron chi connectivity index (χ4n) is 3.06. The summed E-state index contributed by atoms with van der Waals surface area (Å²) < 4.78 is 7.45. The Morgan fingerprint density at radius 3 is 2.35 bits per heavy atom. The number of hydrogen-bond acceptors (Lipinski definition) is 3. The zero-order valence-electron chi connectivity index (χ0n) is 14.7. The molecule has 0 fully saturated rings. The Morgan fingerprint density at radius 2 is 1.58 bits per heavy atom. The van der Waals surface area contributed by atoms with Gasteiger partial charge in [-0.05, 0) is 35.4 Å². The number of hydrogen-bond donors (Lipinski definition) is 1. The molecule has 0 aliphatic rings. The largest absolute Gasteiger partial charge is 0.497 e. The van der Waals surface area contributed by atoms with Gasteiger partial charge < -0.3 is 14.6 Å². The normalized spacial score (nSPS) is 10.8. The number of fused-ring (bicyclic) bond motifs is 1. The number of ether oxygens (including phenoxy) is 1. The van der Waals surface area contributed by atoms with Gasteiger partial charge in [0.2, 0.25) is 5.95 Å². The zero-order valence-corrected chi connectivity index (χ0v) is 14.7. The summed E-state index contributed by atoms with van der Waals surface area (Å²) in [5, 5.41) is 3.49. The standard InChI is InChI=1S/C22H21N3O/c1-26-19-13-11-17(12-14-19)15-23-22-24-20-9-5-6-10-21(20)25(22)16-18-7-3-2-4-8-18/h2-14H,15-16H2,1H3,(H,23,24). The highest BCUT2D eigenvalue weighted by atomic mass is 16.5. The van der Waals surface area contributed by atoms with E-state index in [-0.39, 0.29) is 0 Å². The van der Waals surface area contributed by atoms with Crippen LogP contribution in [0.2, 0.25) is 0 Å².